The van der Waals surface area contributed by atoms with E-state index in [9.17, 15) is 5.11 Å². The molecule has 3 nitrogen and oxygen atoms in total. The van der Waals surface area contributed by atoms with E-state index in [1.54, 1.807) is 26.1 Å². The second-order valence-corrected chi connectivity index (χ2v) is 3.38. The summed E-state index contributed by atoms with van der Waals surface area (Å²) in [4.78, 5) is 3.85. The molecule has 0 bridgehead atoms. The van der Waals surface area contributed by atoms with Crippen LogP contribution in [0.25, 0.3) is 0 Å². The largest absolute Gasteiger partial charge is 0.378 e. The van der Waals surface area contributed by atoms with Crippen LogP contribution in [0.5, 0.6) is 0 Å². The second-order valence-electron chi connectivity index (χ2n) is 3.38. The van der Waals surface area contributed by atoms with Crippen LogP contribution in [0.1, 0.15) is 25.0 Å². The predicted molar refractivity (Wildman–Crippen MR) is 52.1 cm³/mol. The molecule has 0 aromatic carbocycles. The molecule has 0 radical (unpaired) electrons. The minimum Gasteiger partial charge on any atom is -0.378 e. The number of aromatic nitrogens is 1. The van der Waals surface area contributed by atoms with Crippen molar-refractivity contribution in [2.24, 2.45) is 0 Å². The van der Waals surface area contributed by atoms with Gasteiger partial charge in [-0.1, -0.05) is 11.8 Å². The third kappa shape index (κ3) is 3.26. The summed E-state index contributed by atoms with van der Waals surface area (Å²) >= 11 is 0. The number of rotatable bonds is 0. The van der Waals surface area contributed by atoms with Crippen molar-refractivity contribution in [2.75, 3.05) is 0 Å². The van der Waals surface area contributed by atoms with Gasteiger partial charge in [0.15, 0.2) is 0 Å². The molecule has 0 aliphatic carbocycles. The fourth-order valence-corrected chi connectivity index (χ4v) is 0.795. The molecule has 0 fully saturated rings. The Labute approximate surface area is 83.0 Å². The van der Waals surface area contributed by atoms with E-state index < -0.39 is 5.60 Å². The molecule has 1 heterocycles. The van der Waals surface area contributed by atoms with E-state index in [1.807, 2.05) is 6.07 Å². The van der Waals surface area contributed by atoms with Crippen molar-refractivity contribution in [1.29, 1.82) is 5.26 Å². The van der Waals surface area contributed by atoms with Gasteiger partial charge in [-0.15, -0.1) is 0 Å². The predicted octanol–water partition coefficient (Wildman–Crippen LogP) is 1.08. The summed E-state index contributed by atoms with van der Waals surface area (Å²) in [7, 11) is 0. The Morgan fingerprint density at radius 1 is 1.36 bits per heavy atom. The fourth-order valence-electron chi connectivity index (χ4n) is 0.795. The Balaban J connectivity index is 2.98. The highest BCUT2D eigenvalue weighted by Gasteiger charge is 2.05. The van der Waals surface area contributed by atoms with Gasteiger partial charge in [0.05, 0.1) is 5.56 Å². The zero-order valence-corrected chi connectivity index (χ0v) is 8.07. The summed E-state index contributed by atoms with van der Waals surface area (Å²) in [6.07, 6.45) is 3.02. The molecule has 0 saturated heterocycles. The van der Waals surface area contributed by atoms with Gasteiger partial charge in [0.2, 0.25) is 0 Å². The van der Waals surface area contributed by atoms with Crippen LogP contribution in [0.2, 0.25) is 0 Å². The Morgan fingerprint density at radius 2 is 2.00 bits per heavy atom. The van der Waals surface area contributed by atoms with Crippen molar-refractivity contribution in [2.45, 2.75) is 19.4 Å². The zero-order chi connectivity index (χ0) is 10.6. The highest BCUT2D eigenvalue weighted by Crippen LogP contribution is 2.02. The van der Waals surface area contributed by atoms with Crippen molar-refractivity contribution in [1.82, 2.24) is 4.98 Å². The molecule has 0 amide bonds. The molecule has 1 N–H and O–H groups in total. The minimum absolute atomic E-state index is 0.465. The van der Waals surface area contributed by atoms with Crippen LogP contribution in [-0.2, 0) is 0 Å². The van der Waals surface area contributed by atoms with Crippen LogP contribution in [-0.4, -0.2) is 15.7 Å². The van der Waals surface area contributed by atoms with Crippen molar-refractivity contribution in [3.05, 3.63) is 29.6 Å². The molecule has 0 aliphatic rings. The lowest BCUT2D eigenvalue weighted by Gasteiger charge is -2.05. The van der Waals surface area contributed by atoms with Crippen LogP contribution in [0.4, 0.5) is 0 Å². The molecule has 1 aromatic rings. The third-order valence-corrected chi connectivity index (χ3v) is 1.38. The van der Waals surface area contributed by atoms with Crippen molar-refractivity contribution in [3.8, 4) is 17.9 Å². The topological polar surface area (TPSA) is 56.9 Å². The number of aliphatic hydroxyl groups is 1. The second kappa shape index (κ2) is 3.91. The van der Waals surface area contributed by atoms with Crippen LogP contribution in [0.3, 0.4) is 0 Å². The average Bonchev–Trinajstić information content (AvgIpc) is 2.14. The Hall–Kier alpha value is -1.84. The van der Waals surface area contributed by atoms with E-state index >= 15 is 0 Å². The quantitative estimate of drug-likeness (QED) is 0.617. The molecule has 1 aromatic heterocycles. The standard InChI is InChI=1S/C11H10N2O/c1-11(2,14)4-3-9-5-10(6-12)8-13-7-9/h5,7-8,14H,1-2H3. The number of hydrogen-bond acceptors (Lipinski definition) is 3. The van der Waals surface area contributed by atoms with Gasteiger partial charge in [-0.3, -0.25) is 4.98 Å². The lowest BCUT2D eigenvalue weighted by atomic mass is 10.1. The fraction of sp³-hybridized carbons (Fsp3) is 0.273. The highest BCUT2D eigenvalue weighted by atomic mass is 16.3. The SMILES string of the molecule is CC(C)(O)C#Cc1cncc(C#N)c1. The van der Waals surface area contributed by atoms with E-state index in [-0.39, 0.29) is 0 Å². The average molecular weight is 186 g/mol. The van der Waals surface area contributed by atoms with Crippen molar-refractivity contribution >= 4 is 0 Å². The normalized spacial score (nSPS) is 9.86. The van der Waals surface area contributed by atoms with Gasteiger partial charge in [0.25, 0.3) is 0 Å². The number of nitrogens with zero attached hydrogens (tertiary/aromatic N) is 2. The van der Waals surface area contributed by atoms with Gasteiger partial charge >= 0.3 is 0 Å². The monoisotopic (exact) mass is 186 g/mol. The van der Waals surface area contributed by atoms with Gasteiger partial charge in [-0.25, -0.2) is 0 Å². The first-order chi connectivity index (χ1) is 6.51. The minimum atomic E-state index is -1.03. The van der Waals surface area contributed by atoms with Crippen LogP contribution in [0, 0.1) is 23.2 Å². The Kier molecular flexibility index (Phi) is 2.86. The maximum absolute atomic E-state index is 9.35. The molecule has 1 rings (SSSR count). The molecular formula is C11H10N2O. The van der Waals surface area contributed by atoms with Gasteiger partial charge in [0, 0.05) is 18.0 Å². The Morgan fingerprint density at radius 3 is 2.57 bits per heavy atom. The Bertz CT molecular complexity index is 427. The molecule has 0 atom stereocenters. The smallest absolute Gasteiger partial charge is 0.120 e. The molecular weight excluding hydrogens is 176 g/mol. The first kappa shape index (κ1) is 10.2. The summed E-state index contributed by atoms with van der Waals surface area (Å²) in [6.45, 7) is 3.20. The lowest BCUT2D eigenvalue weighted by Crippen LogP contribution is -2.14. The zero-order valence-electron chi connectivity index (χ0n) is 8.07. The van der Waals surface area contributed by atoms with E-state index in [0.29, 0.717) is 11.1 Å². The van der Waals surface area contributed by atoms with Crippen molar-refractivity contribution in [3.63, 3.8) is 0 Å². The van der Waals surface area contributed by atoms with Gasteiger partial charge in [-0.2, -0.15) is 5.26 Å². The maximum Gasteiger partial charge on any atom is 0.120 e. The highest BCUT2D eigenvalue weighted by molar-refractivity contribution is 5.39. The first-order valence-electron chi connectivity index (χ1n) is 4.12. The molecule has 14 heavy (non-hydrogen) atoms. The van der Waals surface area contributed by atoms with E-state index in [2.05, 4.69) is 16.8 Å². The van der Waals surface area contributed by atoms with Crippen LogP contribution in [0.15, 0.2) is 18.5 Å². The van der Waals surface area contributed by atoms with E-state index in [1.165, 1.54) is 6.20 Å². The summed E-state index contributed by atoms with van der Waals surface area (Å²) in [6, 6.07) is 3.60. The molecule has 0 saturated carbocycles. The molecule has 3 heteroatoms. The van der Waals surface area contributed by atoms with Gasteiger partial charge in [-0.05, 0) is 19.9 Å². The summed E-state index contributed by atoms with van der Waals surface area (Å²) in [5.74, 6) is 5.39. The van der Waals surface area contributed by atoms with E-state index in [0.717, 1.165) is 0 Å². The molecule has 0 unspecified atom stereocenters. The van der Waals surface area contributed by atoms with Crippen molar-refractivity contribution < 1.29 is 5.11 Å². The molecule has 0 aliphatic heterocycles. The van der Waals surface area contributed by atoms with Gasteiger partial charge < -0.3 is 5.11 Å². The number of pyridine rings is 1. The lowest BCUT2D eigenvalue weighted by molar-refractivity contribution is 0.143. The molecule has 0 spiro atoms. The summed E-state index contributed by atoms with van der Waals surface area (Å²) < 4.78 is 0. The summed E-state index contributed by atoms with van der Waals surface area (Å²) in [5.41, 5.74) is 0.0709. The maximum atomic E-state index is 9.35. The van der Waals surface area contributed by atoms with E-state index in [4.69, 9.17) is 5.26 Å². The first-order valence-corrected chi connectivity index (χ1v) is 4.12. The van der Waals surface area contributed by atoms with Gasteiger partial charge in [0.1, 0.15) is 11.7 Å². The van der Waals surface area contributed by atoms with Crippen LogP contribution < -0.4 is 0 Å². The molecule has 70 valence electrons. The summed E-state index contributed by atoms with van der Waals surface area (Å²) in [5, 5.41) is 17.9. The van der Waals surface area contributed by atoms with Crippen LogP contribution >= 0.6 is 0 Å². The number of nitriles is 1. The third-order valence-electron chi connectivity index (χ3n) is 1.38. The number of hydrogen-bond donors (Lipinski definition) is 1.